The standard InChI is InChI=1S/C15H15ClN4/c1-2-6-20-14(10-7-11(16)9-12(17)8-10)19-13-4-3-5-18-15(13)20/h3-5,7-9H,2,6,17H2,1H3. The van der Waals surface area contributed by atoms with Crippen LogP contribution in [0.1, 0.15) is 13.3 Å². The molecule has 0 aliphatic heterocycles. The fourth-order valence-electron chi connectivity index (χ4n) is 2.36. The Bertz CT molecular complexity index is 743. The van der Waals surface area contributed by atoms with E-state index < -0.39 is 0 Å². The van der Waals surface area contributed by atoms with E-state index in [1.807, 2.05) is 24.3 Å². The maximum absolute atomic E-state index is 6.10. The molecule has 0 radical (unpaired) electrons. The van der Waals surface area contributed by atoms with Crippen LogP contribution in [-0.2, 0) is 6.54 Å². The number of nitrogens with zero attached hydrogens (tertiary/aromatic N) is 3. The molecule has 0 spiro atoms. The summed E-state index contributed by atoms with van der Waals surface area (Å²) in [5.74, 6) is 0.856. The van der Waals surface area contributed by atoms with Crippen molar-refractivity contribution in [2.45, 2.75) is 19.9 Å². The number of aromatic nitrogens is 3. The normalized spacial score (nSPS) is 11.1. The molecule has 0 saturated carbocycles. The van der Waals surface area contributed by atoms with E-state index in [0.717, 1.165) is 35.5 Å². The Kier molecular flexibility index (Phi) is 3.32. The molecule has 2 aromatic heterocycles. The van der Waals surface area contributed by atoms with Gasteiger partial charge in [-0.2, -0.15) is 0 Å². The van der Waals surface area contributed by atoms with E-state index in [4.69, 9.17) is 17.3 Å². The summed E-state index contributed by atoms with van der Waals surface area (Å²) >= 11 is 6.10. The molecule has 0 bridgehead atoms. The zero-order valence-corrected chi connectivity index (χ0v) is 11.9. The molecule has 5 heteroatoms. The molecule has 1 aromatic carbocycles. The number of nitrogens with two attached hydrogens (primary N) is 1. The minimum absolute atomic E-state index is 0.614. The lowest BCUT2D eigenvalue weighted by Gasteiger charge is -2.08. The SMILES string of the molecule is CCCn1c(-c2cc(N)cc(Cl)c2)nc2cccnc21. The largest absolute Gasteiger partial charge is 0.399 e. The molecule has 2 heterocycles. The molecule has 0 fully saturated rings. The zero-order chi connectivity index (χ0) is 14.1. The van der Waals surface area contributed by atoms with E-state index >= 15 is 0 Å². The molecule has 3 rings (SSSR count). The topological polar surface area (TPSA) is 56.7 Å². The molecule has 4 nitrogen and oxygen atoms in total. The van der Waals surface area contributed by atoms with Crippen LogP contribution in [0.3, 0.4) is 0 Å². The molecule has 0 atom stereocenters. The third-order valence-electron chi connectivity index (χ3n) is 3.13. The number of rotatable bonds is 3. The van der Waals surface area contributed by atoms with Crippen LogP contribution in [0.2, 0.25) is 5.02 Å². The summed E-state index contributed by atoms with van der Waals surface area (Å²) in [5.41, 5.74) is 9.21. The molecule has 0 unspecified atom stereocenters. The average molecular weight is 287 g/mol. The van der Waals surface area contributed by atoms with E-state index in [2.05, 4.69) is 21.5 Å². The number of benzene rings is 1. The van der Waals surface area contributed by atoms with Crippen molar-refractivity contribution < 1.29 is 0 Å². The average Bonchev–Trinajstić information content (AvgIpc) is 2.77. The highest BCUT2D eigenvalue weighted by Gasteiger charge is 2.13. The maximum Gasteiger partial charge on any atom is 0.160 e. The van der Waals surface area contributed by atoms with Gasteiger partial charge in [-0.05, 0) is 36.8 Å². The van der Waals surface area contributed by atoms with Crippen LogP contribution in [0.25, 0.3) is 22.6 Å². The fourth-order valence-corrected chi connectivity index (χ4v) is 2.60. The number of aryl methyl sites for hydroxylation is 1. The quantitative estimate of drug-likeness (QED) is 0.746. The third-order valence-corrected chi connectivity index (χ3v) is 3.35. The van der Waals surface area contributed by atoms with Gasteiger partial charge < -0.3 is 10.3 Å². The Hall–Kier alpha value is -2.07. The van der Waals surface area contributed by atoms with E-state index in [1.54, 1.807) is 12.3 Å². The van der Waals surface area contributed by atoms with Crippen LogP contribution in [0.5, 0.6) is 0 Å². The van der Waals surface area contributed by atoms with Crippen LogP contribution < -0.4 is 5.73 Å². The van der Waals surface area contributed by atoms with Crippen LogP contribution in [0.4, 0.5) is 5.69 Å². The van der Waals surface area contributed by atoms with E-state index in [1.165, 1.54) is 0 Å². The van der Waals surface area contributed by atoms with Crippen molar-refractivity contribution in [1.29, 1.82) is 0 Å². The van der Waals surface area contributed by atoms with Gasteiger partial charge >= 0.3 is 0 Å². The van der Waals surface area contributed by atoms with Gasteiger partial charge in [0.1, 0.15) is 11.3 Å². The van der Waals surface area contributed by atoms with Crippen molar-refractivity contribution >= 4 is 28.5 Å². The third kappa shape index (κ3) is 2.23. The second kappa shape index (κ2) is 5.13. The Balaban J connectivity index is 2.26. The van der Waals surface area contributed by atoms with Crippen LogP contribution in [0.15, 0.2) is 36.5 Å². The summed E-state index contributed by atoms with van der Waals surface area (Å²) < 4.78 is 2.11. The highest BCUT2D eigenvalue weighted by atomic mass is 35.5. The van der Waals surface area contributed by atoms with Gasteiger partial charge in [-0.3, -0.25) is 0 Å². The number of hydrogen-bond donors (Lipinski definition) is 1. The van der Waals surface area contributed by atoms with Crippen molar-refractivity contribution in [1.82, 2.24) is 14.5 Å². The van der Waals surface area contributed by atoms with Gasteiger partial charge in [-0.1, -0.05) is 18.5 Å². The van der Waals surface area contributed by atoms with Gasteiger partial charge in [-0.25, -0.2) is 9.97 Å². The number of fused-ring (bicyclic) bond motifs is 1. The summed E-state index contributed by atoms with van der Waals surface area (Å²) in [4.78, 5) is 9.10. The lowest BCUT2D eigenvalue weighted by Crippen LogP contribution is -2.01. The van der Waals surface area contributed by atoms with Gasteiger partial charge in [0.15, 0.2) is 5.65 Å². The Labute approximate surface area is 122 Å². The van der Waals surface area contributed by atoms with Gasteiger partial charge in [0.05, 0.1) is 0 Å². The smallest absolute Gasteiger partial charge is 0.160 e. The second-order valence-corrected chi connectivity index (χ2v) is 5.14. The van der Waals surface area contributed by atoms with Crippen molar-refractivity contribution in [2.75, 3.05) is 5.73 Å². The first-order chi connectivity index (χ1) is 9.69. The Morgan fingerprint density at radius 1 is 1.30 bits per heavy atom. The number of hydrogen-bond acceptors (Lipinski definition) is 3. The highest BCUT2D eigenvalue weighted by molar-refractivity contribution is 6.31. The summed E-state index contributed by atoms with van der Waals surface area (Å²) in [5, 5.41) is 0.614. The number of anilines is 1. The lowest BCUT2D eigenvalue weighted by atomic mass is 10.2. The molecular weight excluding hydrogens is 272 g/mol. The van der Waals surface area contributed by atoms with Gasteiger partial charge in [0.25, 0.3) is 0 Å². The molecular formula is C15H15ClN4. The van der Waals surface area contributed by atoms with Gasteiger partial charge in [0.2, 0.25) is 0 Å². The van der Waals surface area contributed by atoms with Crippen LogP contribution >= 0.6 is 11.6 Å². The van der Waals surface area contributed by atoms with Gasteiger partial charge in [0, 0.05) is 29.0 Å². The van der Waals surface area contributed by atoms with E-state index in [-0.39, 0.29) is 0 Å². The Morgan fingerprint density at radius 2 is 2.15 bits per heavy atom. The molecule has 2 N–H and O–H groups in total. The summed E-state index contributed by atoms with van der Waals surface area (Å²) in [6.45, 7) is 2.99. The molecule has 0 aliphatic carbocycles. The molecule has 0 aliphatic rings. The van der Waals surface area contributed by atoms with Crippen molar-refractivity contribution in [3.05, 3.63) is 41.6 Å². The molecule has 0 saturated heterocycles. The maximum atomic E-state index is 6.10. The first-order valence-corrected chi connectivity index (χ1v) is 6.94. The minimum atomic E-state index is 0.614. The summed E-state index contributed by atoms with van der Waals surface area (Å²) in [6.07, 6.45) is 2.79. The Morgan fingerprint density at radius 3 is 2.90 bits per heavy atom. The monoisotopic (exact) mass is 286 g/mol. The van der Waals surface area contributed by atoms with E-state index in [0.29, 0.717) is 10.7 Å². The molecule has 3 aromatic rings. The molecule has 102 valence electrons. The number of pyridine rings is 1. The van der Waals surface area contributed by atoms with Crippen molar-refractivity contribution in [3.63, 3.8) is 0 Å². The summed E-state index contributed by atoms with van der Waals surface area (Å²) in [7, 11) is 0. The minimum Gasteiger partial charge on any atom is -0.399 e. The molecule has 0 amide bonds. The van der Waals surface area contributed by atoms with E-state index in [9.17, 15) is 0 Å². The predicted molar refractivity (Wildman–Crippen MR) is 82.7 cm³/mol. The van der Waals surface area contributed by atoms with Crippen LogP contribution in [-0.4, -0.2) is 14.5 Å². The first-order valence-electron chi connectivity index (χ1n) is 6.56. The lowest BCUT2D eigenvalue weighted by molar-refractivity contribution is 0.698. The van der Waals surface area contributed by atoms with Crippen molar-refractivity contribution in [3.8, 4) is 11.4 Å². The first kappa shape index (κ1) is 12.9. The number of imidazole rings is 1. The predicted octanol–water partition coefficient (Wildman–Crippen LogP) is 3.74. The number of halogens is 1. The fraction of sp³-hybridized carbons (Fsp3) is 0.200. The highest BCUT2D eigenvalue weighted by Crippen LogP contribution is 2.28. The zero-order valence-electron chi connectivity index (χ0n) is 11.2. The molecule has 20 heavy (non-hydrogen) atoms. The number of nitrogen functional groups attached to an aromatic ring is 1. The van der Waals surface area contributed by atoms with Gasteiger partial charge in [-0.15, -0.1) is 0 Å². The second-order valence-electron chi connectivity index (χ2n) is 4.71. The van der Waals surface area contributed by atoms with Crippen molar-refractivity contribution in [2.24, 2.45) is 0 Å². The van der Waals surface area contributed by atoms with Crippen LogP contribution in [0, 0.1) is 0 Å². The summed E-state index contributed by atoms with van der Waals surface area (Å²) in [6, 6.07) is 9.36.